The van der Waals surface area contributed by atoms with Gasteiger partial charge in [0.15, 0.2) is 5.76 Å². The van der Waals surface area contributed by atoms with E-state index < -0.39 is 0 Å². The van der Waals surface area contributed by atoms with E-state index in [1.165, 1.54) is 40.7 Å². The van der Waals surface area contributed by atoms with Gasteiger partial charge in [-0.2, -0.15) is 0 Å². The Morgan fingerprint density at radius 2 is 1.53 bits per heavy atom. The summed E-state index contributed by atoms with van der Waals surface area (Å²) in [5.74, 6) is 1.01. The molecule has 3 aromatic rings. The molecule has 3 nitrogen and oxygen atoms in total. The van der Waals surface area contributed by atoms with Crippen LogP contribution < -0.4 is 5.32 Å². The summed E-state index contributed by atoms with van der Waals surface area (Å²) in [5, 5.41) is 2.97. The van der Waals surface area contributed by atoms with Crippen molar-refractivity contribution in [2.24, 2.45) is 0 Å². The lowest BCUT2D eigenvalue weighted by Gasteiger charge is -2.42. The van der Waals surface area contributed by atoms with Gasteiger partial charge in [-0.3, -0.25) is 4.79 Å². The highest BCUT2D eigenvalue weighted by Crippen LogP contribution is 2.46. The number of amides is 1. The van der Waals surface area contributed by atoms with Crippen molar-refractivity contribution in [3.8, 4) is 0 Å². The van der Waals surface area contributed by atoms with Crippen molar-refractivity contribution in [1.82, 2.24) is 5.32 Å². The zero-order valence-corrected chi connectivity index (χ0v) is 20.3. The number of aryl methyl sites for hydroxylation is 2. The zero-order chi connectivity index (χ0) is 23.1. The SMILES string of the molecule is Cc1ccccc1CNC(=O)c1ccc(Cc2cc3c(cc2C)C(C)(C)CCC3(C)C)o1. The molecule has 0 unspecified atom stereocenters. The zero-order valence-electron chi connectivity index (χ0n) is 20.3. The van der Waals surface area contributed by atoms with Crippen LogP contribution in [0.2, 0.25) is 0 Å². The molecule has 0 saturated heterocycles. The highest BCUT2D eigenvalue weighted by Gasteiger charge is 2.37. The third-order valence-electron chi connectivity index (χ3n) is 7.26. The van der Waals surface area contributed by atoms with Crippen LogP contribution in [0.1, 0.15) is 90.2 Å². The Bertz CT molecular complexity index is 1150. The van der Waals surface area contributed by atoms with Gasteiger partial charge in [0.25, 0.3) is 5.91 Å². The fourth-order valence-corrected chi connectivity index (χ4v) is 4.81. The number of carbonyl (C=O) groups is 1. The van der Waals surface area contributed by atoms with Gasteiger partial charge in [-0.05, 0) is 83.0 Å². The van der Waals surface area contributed by atoms with Gasteiger partial charge in [-0.25, -0.2) is 0 Å². The molecule has 0 bridgehead atoms. The molecule has 2 aromatic carbocycles. The summed E-state index contributed by atoms with van der Waals surface area (Å²) in [6.45, 7) is 14.1. The number of nitrogens with one attached hydrogen (secondary N) is 1. The van der Waals surface area contributed by atoms with Crippen LogP contribution in [0.15, 0.2) is 52.9 Å². The molecule has 0 aliphatic heterocycles. The van der Waals surface area contributed by atoms with E-state index in [1.54, 1.807) is 6.07 Å². The van der Waals surface area contributed by atoms with E-state index >= 15 is 0 Å². The van der Waals surface area contributed by atoms with E-state index in [9.17, 15) is 4.79 Å². The van der Waals surface area contributed by atoms with Crippen molar-refractivity contribution in [3.05, 3.63) is 93.4 Å². The maximum absolute atomic E-state index is 12.6. The maximum atomic E-state index is 12.6. The molecule has 1 aliphatic carbocycles. The molecule has 0 saturated carbocycles. The molecule has 0 fully saturated rings. The normalized spacial score (nSPS) is 16.4. The number of hydrogen-bond donors (Lipinski definition) is 1. The third kappa shape index (κ3) is 4.39. The van der Waals surface area contributed by atoms with Crippen LogP contribution in [0, 0.1) is 13.8 Å². The number of fused-ring (bicyclic) bond motifs is 1. The largest absolute Gasteiger partial charge is 0.456 e. The molecular formula is C29H35NO2. The minimum atomic E-state index is -0.176. The molecule has 1 heterocycles. The van der Waals surface area contributed by atoms with Gasteiger partial charge in [0, 0.05) is 13.0 Å². The van der Waals surface area contributed by atoms with E-state index in [0.29, 0.717) is 18.7 Å². The monoisotopic (exact) mass is 429 g/mol. The number of rotatable bonds is 5. The summed E-state index contributed by atoms with van der Waals surface area (Å²) < 4.78 is 5.95. The Morgan fingerprint density at radius 3 is 2.22 bits per heavy atom. The molecule has 168 valence electrons. The minimum absolute atomic E-state index is 0.176. The number of carbonyl (C=O) groups excluding carboxylic acids is 1. The summed E-state index contributed by atoms with van der Waals surface area (Å²) in [7, 11) is 0. The van der Waals surface area contributed by atoms with E-state index in [1.807, 2.05) is 24.3 Å². The van der Waals surface area contributed by atoms with Crippen LogP contribution in [0.3, 0.4) is 0 Å². The molecular weight excluding hydrogens is 394 g/mol. The van der Waals surface area contributed by atoms with Crippen LogP contribution in [0.25, 0.3) is 0 Å². The Labute approximate surface area is 192 Å². The van der Waals surface area contributed by atoms with Crippen molar-refractivity contribution in [1.29, 1.82) is 0 Å². The predicted molar refractivity (Wildman–Crippen MR) is 130 cm³/mol. The van der Waals surface area contributed by atoms with Crippen molar-refractivity contribution in [3.63, 3.8) is 0 Å². The second-order valence-corrected chi connectivity index (χ2v) is 10.6. The first-order chi connectivity index (χ1) is 15.1. The van der Waals surface area contributed by atoms with Crippen LogP contribution in [0.5, 0.6) is 0 Å². The first-order valence-corrected chi connectivity index (χ1v) is 11.6. The van der Waals surface area contributed by atoms with Gasteiger partial charge >= 0.3 is 0 Å². The molecule has 3 heteroatoms. The fraction of sp³-hybridized carbons (Fsp3) is 0.414. The van der Waals surface area contributed by atoms with Gasteiger partial charge in [0.05, 0.1) is 0 Å². The highest BCUT2D eigenvalue weighted by molar-refractivity contribution is 5.91. The lowest BCUT2D eigenvalue weighted by molar-refractivity contribution is 0.0921. The second-order valence-electron chi connectivity index (χ2n) is 10.6. The van der Waals surface area contributed by atoms with E-state index in [0.717, 1.165) is 11.3 Å². The van der Waals surface area contributed by atoms with Crippen LogP contribution in [-0.4, -0.2) is 5.91 Å². The van der Waals surface area contributed by atoms with Gasteiger partial charge < -0.3 is 9.73 Å². The number of furan rings is 1. The summed E-state index contributed by atoms with van der Waals surface area (Å²) in [5.41, 5.74) is 8.16. The summed E-state index contributed by atoms with van der Waals surface area (Å²) in [4.78, 5) is 12.6. The molecule has 0 atom stereocenters. The van der Waals surface area contributed by atoms with Crippen molar-refractivity contribution >= 4 is 5.91 Å². The first-order valence-electron chi connectivity index (χ1n) is 11.6. The number of hydrogen-bond acceptors (Lipinski definition) is 2. The topological polar surface area (TPSA) is 42.2 Å². The molecule has 1 N–H and O–H groups in total. The Kier molecular flexibility index (Phi) is 5.79. The fourth-order valence-electron chi connectivity index (χ4n) is 4.81. The third-order valence-corrected chi connectivity index (χ3v) is 7.26. The molecule has 1 aliphatic rings. The number of benzene rings is 2. The Balaban J connectivity index is 1.51. The van der Waals surface area contributed by atoms with Crippen LogP contribution in [-0.2, 0) is 23.8 Å². The average molecular weight is 430 g/mol. The second kappa shape index (κ2) is 8.27. The summed E-state index contributed by atoms with van der Waals surface area (Å²) in [6, 6.07) is 16.5. The maximum Gasteiger partial charge on any atom is 0.287 e. The molecule has 4 rings (SSSR count). The van der Waals surface area contributed by atoms with Crippen LogP contribution >= 0.6 is 0 Å². The minimum Gasteiger partial charge on any atom is -0.456 e. The Morgan fingerprint density at radius 1 is 0.875 bits per heavy atom. The first kappa shape index (κ1) is 22.4. The molecule has 0 spiro atoms. The predicted octanol–water partition coefficient (Wildman–Crippen LogP) is 6.77. The van der Waals surface area contributed by atoms with Crippen LogP contribution in [0.4, 0.5) is 0 Å². The molecule has 1 amide bonds. The van der Waals surface area contributed by atoms with Crippen molar-refractivity contribution in [2.45, 2.75) is 78.2 Å². The van der Waals surface area contributed by atoms with Gasteiger partial charge in [0.1, 0.15) is 5.76 Å². The van der Waals surface area contributed by atoms with E-state index in [2.05, 4.69) is 65.1 Å². The average Bonchev–Trinajstić information content (AvgIpc) is 3.20. The van der Waals surface area contributed by atoms with Crippen molar-refractivity contribution < 1.29 is 9.21 Å². The lowest BCUT2D eigenvalue weighted by Crippen LogP contribution is -2.34. The van der Waals surface area contributed by atoms with Gasteiger partial charge in [0.2, 0.25) is 0 Å². The molecule has 0 radical (unpaired) electrons. The van der Waals surface area contributed by atoms with E-state index in [4.69, 9.17) is 4.42 Å². The van der Waals surface area contributed by atoms with Gasteiger partial charge in [-0.1, -0.05) is 64.1 Å². The molecule has 1 aromatic heterocycles. The smallest absolute Gasteiger partial charge is 0.287 e. The Hall–Kier alpha value is -2.81. The highest BCUT2D eigenvalue weighted by atomic mass is 16.3. The van der Waals surface area contributed by atoms with E-state index in [-0.39, 0.29) is 16.7 Å². The van der Waals surface area contributed by atoms with Crippen molar-refractivity contribution in [2.75, 3.05) is 0 Å². The summed E-state index contributed by atoms with van der Waals surface area (Å²) >= 11 is 0. The lowest BCUT2D eigenvalue weighted by atomic mass is 9.62. The quantitative estimate of drug-likeness (QED) is 0.486. The van der Waals surface area contributed by atoms with Gasteiger partial charge in [-0.15, -0.1) is 0 Å². The standard InChI is InChI=1S/C29H35NO2/c1-19-9-7-8-10-21(19)18-30-27(31)26-12-11-23(32-26)16-22-17-25-24(15-20(22)2)28(3,4)13-14-29(25,5)6/h7-12,15,17H,13-14,16,18H2,1-6H3,(H,30,31). The summed E-state index contributed by atoms with van der Waals surface area (Å²) in [6.07, 6.45) is 3.10. The molecule has 32 heavy (non-hydrogen) atoms.